The van der Waals surface area contributed by atoms with Gasteiger partial charge in [0, 0.05) is 29.8 Å². The smallest absolute Gasteiger partial charge is 0.0426 e. The minimum Gasteiger partial charge on any atom is -0.371 e. The number of hydrogen-bond acceptors (Lipinski definition) is 2. The van der Waals surface area contributed by atoms with Crippen molar-refractivity contribution in [2.45, 2.75) is 46.1 Å². The Morgan fingerprint density at radius 3 is 2.53 bits per heavy atom. The maximum absolute atomic E-state index is 6.17. The summed E-state index contributed by atoms with van der Waals surface area (Å²) in [6.07, 6.45) is 3.38. The summed E-state index contributed by atoms with van der Waals surface area (Å²) in [5.74, 6) is 0. The van der Waals surface area contributed by atoms with E-state index in [2.05, 4.69) is 37.8 Å². The van der Waals surface area contributed by atoms with Crippen molar-refractivity contribution in [3.8, 4) is 0 Å². The minimum atomic E-state index is 0.182. The van der Waals surface area contributed by atoms with Gasteiger partial charge in [0.2, 0.25) is 0 Å². The molecule has 0 saturated carbocycles. The van der Waals surface area contributed by atoms with Crippen molar-refractivity contribution >= 4 is 17.3 Å². The molecule has 0 bridgehead atoms. The first-order valence-corrected chi connectivity index (χ1v) is 7.54. The molecule has 0 spiro atoms. The lowest BCUT2D eigenvalue weighted by atomic mass is 9.82. The number of nitrogens with two attached hydrogens (primary N) is 1. The Morgan fingerprint density at radius 2 is 1.95 bits per heavy atom. The largest absolute Gasteiger partial charge is 0.371 e. The molecule has 1 aromatic carbocycles. The second kappa shape index (κ2) is 5.72. The predicted octanol–water partition coefficient (Wildman–Crippen LogP) is 3.86. The third-order valence-corrected chi connectivity index (χ3v) is 4.28. The van der Waals surface area contributed by atoms with Crippen LogP contribution in [0, 0.1) is 5.41 Å². The molecule has 1 fully saturated rings. The number of benzene rings is 1. The number of anilines is 1. The molecule has 106 valence electrons. The third-order valence-electron chi connectivity index (χ3n) is 4.05. The van der Waals surface area contributed by atoms with Crippen molar-refractivity contribution in [1.29, 1.82) is 0 Å². The van der Waals surface area contributed by atoms with E-state index in [4.69, 9.17) is 17.3 Å². The fraction of sp³-hybridized carbons (Fsp3) is 0.625. The van der Waals surface area contributed by atoms with Gasteiger partial charge in [0.25, 0.3) is 0 Å². The first-order valence-electron chi connectivity index (χ1n) is 7.16. The van der Waals surface area contributed by atoms with Gasteiger partial charge in [-0.1, -0.05) is 31.5 Å². The monoisotopic (exact) mass is 280 g/mol. The van der Waals surface area contributed by atoms with Crippen LogP contribution in [-0.4, -0.2) is 19.1 Å². The SMILES string of the molecule is CC(N)Cc1ccc(Cl)cc1N1CCC(C)(C)CC1. The second-order valence-corrected chi connectivity index (χ2v) is 7.04. The Morgan fingerprint density at radius 1 is 1.32 bits per heavy atom. The van der Waals surface area contributed by atoms with Crippen LogP contribution in [0.1, 0.15) is 39.2 Å². The van der Waals surface area contributed by atoms with Crippen LogP contribution < -0.4 is 10.6 Å². The number of halogens is 1. The average molecular weight is 281 g/mol. The van der Waals surface area contributed by atoms with Gasteiger partial charge in [0.1, 0.15) is 0 Å². The Balaban J connectivity index is 2.21. The van der Waals surface area contributed by atoms with Gasteiger partial charge < -0.3 is 10.6 Å². The molecule has 3 heteroatoms. The van der Waals surface area contributed by atoms with Gasteiger partial charge >= 0.3 is 0 Å². The molecule has 1 atom stereocenters. The molecule has 2 rings (SSSR count). The highest BCUT2D eigenvalue weighted by atomic mass is 35.5. The van der Waals surface area contributed by atoms with Gasteiger partial charge in [0.05, 0.1) is 0 Å². The fourth-order valence-corrected chi connectivity index (χ4v) is 2.87. The minimum absolute atomic E-state index is 0.182. The molecule has 0 aromatic heterocycles. The summed E-state index contributed by atoms with van der Waals surface area (Å²) in [4.78, 5) is 2.47. The van der Waals surface area contributed by atoms with Crippen LogP contribution in [0.3, 0.4) is 0 Å². The average Bonchev–Trinajstić information content (AvgIpc) is 2.31. The first kappa shape index (κ1) is 14.7. The number of piperidine rings is 1. The van der Waals surface area contributed by atoms with Gasteiger partial charge in [-0.3, -0.25) is 0 Å². The van der Waals surface area contributed by atoms with E-state index in [9.17, 15) is 0 Å². The molecule has 1 aliphatic heterocycles. The maximum atomic E-state index is 6.17. The molecule has 1 aromatic rings. The van der Waals surface area contributed by atoms with Crippen LogP contribution in [0.5, 0.6) is 0 Å². The lowest BCUT2D eigenvalue weighted by molar-refractivity contribution is 0.279. The molecule has 2 N–H and O–H groups in total. The quantitative estimate of drug-likeness (QED) is 0.911. The van der Waals surface area contributed by atoms with Crippen LogP contribution in [-0.2, 0) is 6.42 Å². The maximum Gasteiger partial charge on any atom is 0.0426 e. The molecule has 0 aliphatic carbocycles. The van der Waals surface area contributed by atoms with E-state index in [0.29, 0.717) is 5.41 Å². The standard InChI is InChI=1S/C16H25ClN2/c1-12(18)10-13-4-5-14(17)11-15(13)19-8-6-16(2,3)7-9-19/h4-5,11-12H,6-10,18H2,1-3H3. The van der Waals surface area contributed by atoms with Gasteiger partial charge in [-0.05, 0) is 49.3 Å². The highest BCUT2D eigenvalue weighted by Gasteiger charge is 2.26. The topological polar surface area (TPSA) is 29.3 Å². The number of hydrogen-bond donors (Lipinski definition) is 1. The number of rotatable bonds is 3. The van der Waals surface area contributed by atoms with Crippen molar-refractivity contribution in [3.63, 3.8) is 0 Å². The zero-order chi connectivity index (χ0) is 14.0. The molecule has 2 nitrogen and oxygen atoms in total. The van der Waals surface area contributed by atoms with E-state index in [1.54, 1.807) is 0 Å². The molecule has 0 amide bonds. The van der Waals surface area contributed by atoms with Crippen molar-refractivity contribution in [2.24, 2.45) is 11.1 Å². The summed E-state index contributed by atoms with van der Waals surface area (Å²) in [5.41, 5.74) is 9.02. The molecule has 1 heterocycles. The summed E-state index contributed by atoms with van der Waals surface area (Å²) in [7, 11) is 0. The molecular weight excluding hydrogens is 256 g/mol. The van der Waals surface area contributed by atoms with E-state index in [1.165, 1.54) is 24.1 Å². The Kier molecular flexibility index (Phi) is 4.42. The van der Waals surface area contributed by atoms with Crippen LogP contribution in [0.2, 0.25) is 5.02 Å². The van der Waals surface area contributed by atoms with Crippen molar-refractivity contribution < 1.29 is 0 Å². The van der Waals surface area contributed by atoms with E-state index >= 15 is 0 Å². The molecule has 1 unspecified atom stereocenters. The van der Waals surface area contributed by atoms with Gasteiger partial charge in [0.15, 0.2) is 0 Å². The summed E-state index contributed by atoms with van der Waals surface area (Å²) >= 11 is 6.17. The van der Waals surface area contributed by atoms with Crippen LogP contribution in [0.25, 0.3) is 0 Å². The van der Waals surface area contributed by atoms with Crippen LogP contribution in [0.15, 0.2) is 18.2 Å². The number of nitrogens with zero attached hydrogens (tertiary/aromatic N) is 1. The second-order valence-electron chi connectivity index (χ2n) is 6.61. The van der Waals surface area contributed by atoms with E-state index in [0.717, 1.165) is 24.5 Å². The fourth-order valence-electron chi connectivity index (χ4n) is 2.70. The Labute approximate surface area is 121 Å². The molecular formula is C16H25ClN2. The normalized spacial score (nSPS) is 20.4. The lowest BCUT2D eigenvalue weighted by Gasteiger charge is -2.39. The van der Waals surface area contributed by atoms with Crippen molar-refractivity contribution in [2.75, 3.05) is 18.0 Å². The molecule has 0 radical (unpaired) electrons. The first-order chi connectivity index (χ1) is 8.87. The van der Waals surface area contributed by atoms with Crippen LogP contribution >= 0.6 is 11.6 Å². The van der Waals surface area contributed by atoms with E-state index < -0.39 is 0 Å². The van der Waals surface area contributed by atoms with Crippen molar-refractivity contribution in [3.05, 3.63) is 28.8 Å². The lowest BCUT2D eigenvalue weighted by Crippen LogP contribution is -2.38. The molecule has 1 aliphatic rings. The van der Waals surface area contributed by atoms with E-state index in [1.807, 2.05) is 6.07 Å². The zero-order valence-corrected chi connectivity index (χ0v) is 13.0. The van der Waals surface area contributed by atoms with Crippen molar-refractivity contribution in [1.82, 2.24) is 0 Å². The zero-order valence-electron chi connectivity index (χ0n) is 12.2. The van der Waals surface area contributed by atoms with Gasteiger partial charge in [-0.25, -0.2) is 0 Å². The van der Waals surface area contributed by atoms with Gasteiger partial charge in [-0.15, -0.1) is 0 Å². The summed E-state index contributed by atoms with van der Waals surface area (Å²) < 4.78 is 0. The summed E-state index contributed by atoms with van der Waals surface area (Å²) in [6.45, 7) is 8.98. The Hall–Kier alpha value is -0.730. The summed E-state index contributed by atoms with van der Waals surface area (Å²) in [5, 5.41) is 0.813. The summed E-state index contributed by atoms with van der Waals surface area (Å²) in [6, 6.07) is 6.37. The van der Waals surface area contributed by atoms with Gasteiger partial charge in [-0.2, -0.15) is 0 Å². The van der Waals surface area contributed by atoms with Crippen LogP contribution in [0.4, 0.5) is 5.69 Å². The molecule has 1 saturated heterocycles. The Bertz CT molecular complexity index is 430. The molecule has 19 heavy (non-hydrogen) atoms. The highest BCUT2D eigenvalue weighted by molar-refractivity contribution is 6.30. The highest BCUT2D eigenvalue weighted by Crippen LogP contribution is 2.34. The third kappa shape index (κ3) is 3.87. The van der Waals surface area contributed by atoms with E-state index in [-0.39, 0.29) is 6.04 Å². The predicted molar refractivity (Wildman–Crippen MR) is 84.0 cm³/mol.